The summed E-state index contributed by atoms with van der Waals surface area (Å²) in [4.78, 5) is 47.5. The van der Waals surface area contributed by atoms with Gasteiger partial charge in [0.05, 0.1) is 23.0 Å². The summed E-state index contributed by atoms with van der Waals surface area (Å²) >= 11 is 1.45. The Morgan fingerprint density at radius 2 is 1.71 bits per heavy atom. The standard InChI is InChI=1S/C25H28N4O4S/c1-4-27(5-2)14-15-28(25-26-20-11-10-19(33-3)16-21(20)34-25)24(32)17-6-8-18(9-7-17)29-22(30)12-13-23(29)31/h6-11,16H,4-5,12-15H2,1-3H3. The van der Waals surface area contributed by atoms with Gasteiger partial charge in [-0.3, -0.25) is 24.2 Å². The summed E-state index contributed by atoms with van der Waals surface area (Å²) < 4.78 is 6.27. The van der Waals surface area contributed by atoms with Crippen molar-refractivity contribution in [1.82, 2.24) is 9.88 Å². The first-order valence-electron chi connectivity index (χ1n) is 11.4. The van der Waals surface area contributed by atoms with Crippen molar-refractivity contribution in [2.75, 3.05) is 43.1 Å². The summed E-state index contributed by atoms with van der Waals surface area (Å²) in [6, 6.07) is 12.3. The number of thiazole rings is 1. The van der Waals surface area contributed by atoms with E-state index in [0.717, 1.165) is 29.1 Å². The monoisotopic (exact) mass is 480 g/mol. The Kier molecular flexibility index (Phi) is 7.23. The van der Waals surface area contributed by atoms with Gasteiger partial charge in [-0.2, -0.15) is 0 Å². The topological polar surface area (TPSA) is 83.0 Å². The second-order valence-electron chi connectivity index (χ2n) is 7.98. The van der Waals surface area contributed by atoms with Gasteiger partial charge in [-0.25, -0.2) is 4.98 Å². The molecule has 3 amide bonds. The van der Waals surface area contributed by atoms with Crippen LogP contribution in [0.3, 0.4) is 0 Å². The number of imide groups is 1. The van der Waals surface area contributed by atoms with E-state index in [1.54, 1.807) is 36.3 Å². The van der Waals surface area contributed by atoms with E-state index in [4.69, 9.17) is 9.72 Å². The van der Waals surface area contributed by atoms with Gasteiger partial charge >= 0.3 is 0 Å². The zero-order valence-corrected chi connectivity index (χ0v) is 20.4. The summed E-state index contributed by atoms with van der Waals surface area (Å²) in [5.74, 6) is 0.138. The van der Waals surface area contributed by atoms with Gasteiger partial charge in [0.25, 0.3) is 5.91 Å². The molecule has 1 saturated heterocycles. The molecule has 34 heavy (non-hydrogen) atoms. The lowest BCUT2D eigenvalue weighted by Gasteiger charge is -2.25. The summed E-state index contributed by atoms with van der Waals surface area (Å²) in [5, 5.41) is 0.620. The van der Waals surface area contributed by atoms with E-state index in [0.29, 0.717) is 29.5 Å². The zero-order chi connectivity index (χ0) is 24.2. The number of aromatic nitrogens is 1. The molecule has 4 rings (SSSR count). The Labute approximate surface area is 202 Å². The molecule has 9 heteroatoms. The molecule has 1 aliphatic rings. The molecule has 1 aliphatic heterocycles. The fraction of sp³-hybridized carbons (Fsp3) is 0.360. The molecule has 2 heterocycles. The van der Waals surface area contributed by atoms with Crippen LogP contribution in [0.2, 0.25) is 0 Å². The van der Waals surface area contributed by atoms with E-state index in [1.165, 1.54) is 16.2 Å². The van der Waals surface area contributed by atoms with Gasteiger partial charge < -0.3 is 9.64 Å². The third-order valence-electron chi connectivity index (χ3n) is 6.02. The average molecular weight is 481 g/mol. The number of nitrogens with zero attached hydrogens (tertiary/aromatic N) is 4. The predicted octanol–water partition coefficient (Wildman–Crippen LogP) is 3.95. The first kappa shape index (κ1) is 23.8. The first-order chi connectivity index (χ1) is 16.4. The number of anilines is 2. The van der Waals surface area contributed by atoms with Crippen molar-refractivity contribution >= 4 is 50.1 Å². The first-order valence-corrected chi connectivity index (χ1v) is 12.2. The van der Waals surface area contributed by atoms with E-state index in [1.807, 2.05) is 18.2 Å². The second-order valence-corrected chi connectivity index (χ2v) is 8.99. The molecule has 0 bridgehead atoms. The van der Waals surface area contributed by atoms with Gasteiger partial charge in [0.15, 0.2) is 5.13 Å². The largest absolute Gasteiger partial charge is 0.497 e. The highest BCUT2D eigenvalue weighted by atomic mass is 32.1. The van der Waals surface area contributed by atoms with Crippen molar-refractivity contribution < 1.29 is 19.1 Å². The number of carbonyl (C=O) groups is 3. The molecule has 0 spiro atoms. The van der Waals surface area contributed by atoms with Gasteiger partial charge in [0, 0.05) is 31.5 Å². The molecule has 2 aromatic carbocycles. The number of rotatable bonds is 9. The summed E-state index contributed by atoms with van der Waals surface area (Å²) in [7, 11) is 1.62. The molecule has 1 fully saturated rings. The molecule has 0 radical (unpaired) electrons. The molecule has 0 aliphatic carbocycles. The van der Waals surface area contributed by atoms with Crippen LogP contribution in [0.5, 0.6) is 5.75 Å². The smallest absolute Gasteiger partial charge is 0.260 e. The van der Waals surface area contributed by atoms with E-state index >= 15 is 0 Å². The lowest BCUT2D eigenvalue weighted by molar-refractivity contribution is -0.121. The van der Waals surface area contributed by atoms with Crippen molar-refractivity contribution in [2.24, 2.45) is 0 Å². The fourth-order valence-corrected chi connectivity index (χ4v) is 4.99. The Balaban J connectivity index is 1.63. The number of carbonyl (C=O) groups excluding carboxylic acids is 3. The highest BCUT2D eigenvalue weighted by molar-refractivity contribution is 7.22. The number of ether oxygens (including phenoxy) is 1. The Morgan fingerprint density at radius 1 is 1.03 bits per heavy atom. The van der Waals surface area contributed by atoms with Crippen LogP contribution in [0.15, 0.2) is 42.5 Å². The minimum Gasteiger partial charge on any atom is -0.497 e. The highest BCUT2D eigenvalue weighted by Crippen LogP contribution is 2.32. The predicted molar refractivity (Wildman–Crippen MR) is 134 cm³/mol. The van der Waals surface area contributed by atoms with E-state index < -0.39 is 0 Å². The minimum absolute atomic E-state index is 0.177. The molecule has 0 N–H and O–H groups in total. The van der Waals surface area contributed by atoms with Crippen LogP contribution >= 0.6 is 11.3 Å². The van der Waals surface area contributed by atoms with Crippen LogP contribution in [-0.4, -0.2) is 60.9 Å². The van der Waals surface area contributed by atoms with Gasteiger partial charge in [-0.15, -0.1) is 0 Å². The number of likely N-dealkylation sites (N-methyl/N-ethyl adjacent to an activating group) is 1. The van der Waals surface area contributed by atoms with Crippen LogP contribution in [0, 0.1) is 0 Å². The van der Waals surface area contributed by atoms with Crippen molar-refractivity contribution in [1.29, 1.82) is 0 Å². The molecule has 3 aromatic rings. The number of methoxy groups -OCH3 is 1. The third kappa shape index (κ3) is 4.80. The van der Waals surface area contributed by atoms with Crippen LogP contribution in [0.25, 0.3) is 10.2 Å². The van der Waals surface area contributed by atoms with Crippen molar-refractivity contribution in [2.45, 2.75) is 26.7 Å². The van der Waals surface area contributed by atoms with Crippen LogP contribution in [0.4, 0.5) is 10.8 Å². The van der Waals surface area contributed by atoms with E-state index in [9.17, 15) is 14.4 Å². The Morgan fingerprint density at radius 3 is 2.32 bits per heavy atom. The maximum Gasteiger partial charge on any atom is 0.260 e. The van der Waals surface area contributed by atoms with Gasteiger partial charge in [-0.05, 0) is 55.6 Å². The summed E-state index contributed by atoms with van der Waals surface area (Å²) in [5.41, 5.74) is 1.77. The van der Waals surface area contributed by atoms with Crippen LogP contribution in [-0.2, 0) is 9.59 Å². The normalized spacial score (nSPS) is 13.8. The third-order valence-corrected chi connectivity index (χ3v) is 7.06. The van der Waals surface area contributed by atoms with Crippen LogP contribution in [0.1, 0.15) is 37.0 Å². The summed E-state index contributed by atoms with van der Waals surface area (Å²) in [6.07, 6.45) is 0.447. The van der Waals surface area contributed by atoms with Gasteiger partial charge in [-0.1, -0.05) is 25.2 Å². The number of hydrogen-bond donors (Lipinski definition) is 0. The number of hydrogen-bond acceptors (Lipinski definition) is 7. The molecule has 8 nitrogen and oxygen atoms in total. The van der Waals surface area contributed by atoms with E-state index in [-0.39, 0.29) is 30.6 Å². The quantitative estimate of drug-likeness (QED) is 0.432. The van der Waals surface area contributed by atoms with Gasteiger partial charge in [0.2, 0.25) is 11.8 Å². The lowest BCUT2D eigenvalue weighted by Crippen LogP contribution is -2.39. The molecular formula is C25H28N4O4S. The maximum atomic E-state index is 13.6. The molecule has 0 saturated carbocycles. The van der Waals surface area contributed by atoms with Crippen molar-refractivity contribution in [3.05, 3.63) is 48.0 Å². The lowest BCUT2D eigenvalue weighted by atomic mass is 10.1. The highest BCUT2D eigenvalue weighted by Gasteiger charge is 2.30. The van der Waals surface area contributed by atoms with Crippen molar-refractivity contribution in [3.63, 3.8) is 0 Å². The zero-order valence-electron chi connectivity index (χ0n) is 19.6. The van der Waals surface area contributed by atoms with Gasteiger partial charge in [0.1, 0.15) is 5.75 Å². The van der Waals surface area contributed by atoms with E-state index in [2.05, 4.69) is 18.7 Å². The molecule has 0 atom stereocenters. The summed E-state index contributed by atoms with van der Waals surface area (Å²) in [6.45, 7) is 7.18. The Hall–Kier alpha value is -3.30. The van der Waals surface area contributed by atoms with Crippen LogP contribution < -0.4 is 14.5 Å². The number of fused-ring (bicyclic) bond motifs is 1. The molecule has 178 valence electrons. The Bertz CT molecular complexity index is 1190. The number of benzene rings is 2. The number of amides is 3. The minimum atomic E-state index is -0.213. The SMILES string of the molecule is CCN(CC)CCN(C(=O)c1ccc(N2C(=O)CCC2=O)cc1)c1nc2ccc(OC)cc2s1. The molecule has 1 aromatic heterocycles. The average Bonchev–Trinajstić information content (AvgIpc) is 3.43. The molecule has 0 unspecified atom stereocenters. The molecular weight excluding hydrogens is 452 g/mol. The fourth-order valence-electron chi connectivity index (χ4n) is 3.97. The maximum absolute atomic E-state index is 13.6. The van der Waals surface area contributed by atoms with Crippen molar-refractivity contribution in [3.8, 4) is 5.75 Å². The second kappa shape index (κ2) is 10.3.